The largest absolute Gasteiger partial charge is 0.373 e. The van der Waals surface area contributed by atoms with Crippen LogP contribution in [0.5, 0.6) is 0 Å². The van der Waals surface area contributed by atoms with E-state index < -0.39 is 31.8 Å². The molecule has 0 aliphatic heterocycles. The molecule has 9 nitrogen and oxygen atoms in total. The van der Waals surface area contributed by atoms with Gasteiger partial charge in [-0.15, -0.1) is 0 Å². The maximum absolute atomic E-state index is 13.1. The second-order valence-corrected chi connectivity index (χ2v) is 12.3. The smallest absolute Gasteiger partial charge is 0.258 e. The number of hydrazone groups is 1. The fourth-order valence-electron chi connectivity index (χ4n) is 3.68. The molecule has 0 saturated heterocycles. The Morgan fingerprint density at radius 2 is 1.67 bits per heavy atom. The van der Waals surface area contributed by atoms with Crippen LogP contribution in [-0.4, -0.2) is 58.9 Å². The van der Waals surface area contributed by atoms with Crippen LogP contribution in [0.3, 0.4) is 0 Å². The summed E-state index contributed by atoms with van der Waals surface area (Å²) < 4.78 is 49.1. The summed E-state index contributed by atoms with van der Waals surface area (Å²) >= 11 is 0. The van der Waals surface area contributed by atoms with Crippen LogP contribution in [0, 0.1) is 0 Å². The van der Waals surface area contributed by atoms with E-state index in [4.69, 9.17) is 5.84 Å². The number of hydrogen-bond donors (Lipinski definition) is 2. The summed E-state index contributed by atoms with van der Waals surface area (Å²) in [5, 5.41) is 6.63. The van der Waals surface area contributed by atoms with E-state index in [2.05, 4.69) is 10.4 Å². The summed E-state index contributed by atoms with van der Waals surface area (Å²) in [6, 6.07) is 19.9. The highest BCUT2D eigenvalue weighted by atomic mass is 32.2. The normalized spacial score (nSPS) is 12.9. The van der Waals surface area contributed by atoms with Crippen LogP contribution in [0.15, 0.2) is 82.8 Å². The van der Waals surface area contributed by atoms with E-state index in [0.717, 1.165) is 23.6 Å². The van der Waals surface area contributed by atoms with Gasteiger partial charge < -0.3 is 11.2 Å². The highest BCUT2D eigenvalue weighted by Crippen LogP contribution is 2.28. The number of amides is 1. The number of sulfonamides is 1. The van der Waals surface area contributed by atoms with E-state index in [1.165, 1.54) is 13.3 Å². The minimum atomic E-state index is -3.76. The molecule has 36 heavy (non-hydrogen) atoms. The van der Waals surface area contributed by atoms with Crippen molar-refractivity contribution in [1.29, 1.82) is 0 Å². The van der Waals surface area contributed by atoms with Gasteiger partial charge in [0.2, 0.25) is 10.0 Å². The molecule has 0 aliphatic rings. The van der Waals surface area contributed by atoms with Crippen LogP contribution < -0.4 is 11.2 Å². The third-order valence-electron chi connectivity index (χ3n) is 5.54. The standard InChI is InChI=1S/C25H28N4O5S2/c1-29(36(3,33)34)25(30)23(16-18-7-6-8-19(15-18)17-27-26)28-21-13-11-20(12-14-21)22-9-4-5-10-24(22)35(2,31)32/h4-15,17,23,28H,16,26H2,1-3H3/t23-/m0/s1. The summed E-state index contributed by atoms with van der Waals surface area (Å²) in [7, 11) is -5.97. The van der Waals surface area contributed by atoms with Gasteiger partial charge >= 0.3 is 0 Å². The van der Waals surface area contributed by atoms with Crippen LogP contribution in [0.25, 0.3) is 11.1 Å². The van der Waals surface area contributed by atoms with Crippen LogP contribution in [-0.2, 0) is 31.1 Å². The number of nitrogens with two attached hydrogens (primary N) is 1. The fraction of sp³-hybridized carbons (Fsp3) is 0.200. The number of likely N-dealkylation sites (N-methyl/N-ethyl adjacent to an activating group) is 1. The average Bonchev–Trinajstić information content (AvgIpc) is 2.82. The van der Waals surface area contributed by atoms with Gasteiger partial charge in [-0.2, -0.15) is 5.10 Å². The van der Waals surface area contributed by atoms with Crippen LogP contribution in [0.1, 0.15) is 11.1 Å². The minimum absolute atomic E-state index is 0.198. The van der Waals surface area contributed by atoms with Gasteiger partial charge in [-0.05, 0) is 34.9 Å². The third-order valence-corrected chi connectivity index (χ3v) is 7.87. The van der Waals surface area contributed by atoms with Crippen molar-refractivity contribution in [2.75, 3.05) is 24.9 Å². The predicted octanol–water partition coefficient (Wildman–Crippen LogP) is 2.49. The van der Waals surface area contributed by atoms with Crippen molar-refractivity contribution in [2.24, 2.45) is 10.9 Å². The Morgan fingerprint density at radius 3 is 2.28 bits per heavy atom. The van der Waals surface area contributed by atoms with E-state index in [1.54, 1.807) is 60.7 Å². The van der Waals surface area contributed by atoms with Crippen molar-refractivity contribution in [3.8, 4) is 11.1 Å². The fourth-order valence-corrected chi connectivity index (χ4v) is 5.05. The molecule has 0 unspecified atom stereocenters. The van der Waals surface area contributed by atoms with Crippen molar-refractivity contribution >= 4 is 37.7 Å². The van der Waals surface area contributed by atoms with Gasteiger partial charge in [-0.1, -0.05) is 54.6 Å². The summed E-state index contributed by atoms with van der Waals surface area (Å²) in [6.07, 6.45) is 3.80. The molecule has 3 aromatic carbocycles. The lowest BCUT2D eigenvalue weighted by atomic mass is 10.0. The Morgan fingerprint density at radius 1 is 1.00 bits per heavy atom. The number of rotatable bonds is 9. The second-order valence-electron chi connectivity index (χ2n) is 8.34. The number of hydrogen-bond acceptors (Lipinski definition) is 8. The quantitative estimate of drug-likeness (QED) is 0.247. The van der Waals surface area contributed by atoms with Gasteiger partial charge in [0.1, 0.15) is 6.04 Å². The van der Waals surface area contributed by atoms with Crippen molar-refractivity contribution in [2.45, 2.75) is 17.4 Å². The third kappa shape index (κ3) is 6.70. The molecule has 190 valence electrons. The number of sulfone groups is 1. The molecule has 0 spiro atoms. The molecule has 0 bridgehead atoms. The van der Waals surface area contributed by atoms with Gasteiger partial charge in [0.25, 0.3) is 5.91 Å². The van der Waals surface area contributed by atoms with Crippen LogP contribution >= 0.6 is 0 Å². The predicted molar refractivity (Wildman–Crippen MR) is 142 cm³/mol. The van der Waals surface area contributed by atoms with Crippen molar-refractivity contribution < 1.29 is 21.6 Å². The lowest BCUT2D eigenvalue weighted by molar-refractivity contribution is -0.126. The number of anilines is 1. The second kappa shape index (κ2) is 10.9. The summed E-state index contributed by atoms with van der Waals surface area (Å²) in [5.41, 5.74) is 3.33. The van der Waals surface area contributed by atoms with E-state index in [1.807, 2.05) is 12.1 Å². The molecule has 0 radical (unpaired) electrons. The van der Waals surface area contributed by atoms with Crippen molar-refractivity contribution in [1.82, 2.24) is 4.31 Å². The van der Waals surface area contributed by atoms with Crippen LogP contribution in [0.4, 0.5) is 5.69 Å². The zero-order valence-corrected chi connectivity index (χ0v) is 21.8. The molecular formula is C25H28N4O5S2. The monoisotopic (exact) mass is 528 g/mol. The molecular weight excluding hydrogens is 500 g/mol. The molecule has 11 heteroatoms. The Labute approximate surface area is 211 Å². The molecule has 1 atom stereocenters. The summed E-state index contributed by atoms with van der Waals surface area (Å²) in [5.74, 6) is 4.61. The van der Waals surface area contributed by atoms with E-state index >= 15 is 0 Å². The zero-order chi connectivity index (χ0) is 26.5. The lowest BCUT2D eigenvalue weighted by Crippen LogP contribution is -2.44. The molecule has 3 N–H and O–H groups in total. The van der Waals surface area contributed by atoms with Gasteiger partial charge in [-0.3, -0.25) is 4.79 Å². The van der Waals surface area contributed by atoms with E-state index in [-0.39, 0.29) is 11.3 Å². The van der Waals surface area contributed by atoms with Crippen LogP contribution in [0.2, 0.25) is 0 Å². The molecule has 0 aromatic heterocycles. The number of carbonyl (C=O) groups is 1. The molecule has 0 heterocycles. The maximum atomic E-state index is 13.1. The Kier molecular flexibility index (Phi) is 8.16. The molecule has 1 amide bonds. The Hall–Kier alpha value is -3.70. The number of benzene rings is 3. The molecule has 0 saturated carbocycles. The van der Waals surface area contributed by atoms with E-state index in [9.17, 15) is 21.6 Å². The molecule has 0 fully saturated rings. The number of nitrogens with zero attached hydrogens (tertiary/aromatic N) is 2. The first-order chi connectivity index (χ1) is 16.9. The highest BCUT2D eigenvalue weighted by Gasteiger charge is 2.27. The number of carbonyl (C=O) groups excluding carboxylic acids is 1. The zero-order valence-electron chi connectivity index (χ0n) is 20.1. The SMILES string of the molecule is CN(C(=O)[C@H](Cc1cccc(C=NN)c1)Nc1ccc(-c2ccccc2S(C)(=O)=O)cc1)S(C)(=O)=O. The average molecular weight is 529 g/mol. The molecule has 0 aliphatic carbocycles. The first-order valence-electron chi connectivity index (χ1n) is 10.9. The van der Waals surface area contributed by atoms with Gasteiger partial charge in [0, 0.05) is 31.0 Å². The highest BCUT2D eigenvalue weighted by molar-refractivity contribution is 7.90. The van der Waals surface area contributed by atoms with Gasteiger partial charge in [0.05, 0.1) is 17.4 Å². The van der Waals surface area contributed by atoms with Crippen molar-refractivity contribution in [3.05, 3.63) is 83.9 Å². The topological polar surface area (TPSA) is 139 Å². The molecule has 3 rings (SSSR count). The molecule has 3 aromatic rings. The van der Waals surface area contributed by atoms with E-state index in [0.29, 0.717) is 21.1 Å². The van der Waals surface area contributed by atoms with Gasteiger partial charge in [-0.25, -0.2) is 21.1 Å². The first kappa shape index (κ1) is 26.9. The Balaban J connectivity index is 1.93. The Bertz CT molecular complexity index is 1480. The summed E-state index contributed by atoms with van der Waals surface area (Å²) in [6.45, 7) is 0. The lowest BCUT2D eigenvalue weighted by Gasteiger charge is -2.24. The number of nitrogens with one attached hydrogen (secondary N) is 1. The first-order valence-corrected chi connectivity index (χ1v) is 14.6. The maximum Gasteiger partial charge on any atom is 0.258 e. The van der Waals surface area contributed by atoms with Crippen molar-refractivity contribution in [3.63, 3.8) is 0 Å². The van der Waals surface area contributed by atoms with Gasteiger partial charge in [0.15, 0.2) is 9.84 Å². The summed E-state index contributed by atoms with van der Waals surface area (Å²) in [4.78, 5) is 13.3. The minimum Gasteiger partial charge on any atom is -0.373 e.